The van der Waals surface area contributed by atoms with Crippen molar-refractivity contribution in [2.24, 2.45) is 0 Å². The van der Waals surface area contributed by atoms with E-state index in [2.05, 4.69) is 41.4 Å². The highest BCUT2D eigenvalue weighted by molar-refractivity contribution is 7.11. The standard InChI is InChI=1S/C20H22N2O2S/c1-14-18(13-20(24)22(2)10-11-23)25-19(21-14)12-16-8-5-7-15-6-3-4-9-17(15)16/h3-9,23H,10-13H2,1-2H3. The van der Waals surface area contributed by atoms with Crippen molar-refractivity contribution in [2.45, 2.75) is 19.8 Å². The number of rotatable bonds is 6. The summed E-state index contributed by atoms with van der Waals surface area (Å²) in [6, 6.07) is 14.7. The van der Waals surface area contributed by atoms with E-state index in [1.807, 2.05) is 13.0 Å². The number of carbonyl (C=O) groups is 1. The summed E-state index contributed by atoms with van der Waals surface area (Å²) in [5.41, 5.74) is 2.17. The first-order valence-electron chi connectivity index (χ1n) is 8.35. The summed E-state index contributed by atoms with van der Waals surface area (Å²) in [6.07, 6.45) is 1.11. The molecule has 0 atom stereocenters. The molecule has 0 bridgehead atoms. The highest BCUT2D eigenvalue weighted by atomic mass is 32.1. The van der Waals surface area contributed by atoms with E-state index in [0.717, 1.165) is 22.0 Å². The number of hydrogen-bond acceptors (Lipinski definition) is 4. The molecule has 0 unspecified atom stereocenters. The van der Waals surface area contributed by atoms with Gasteiger partial charge in [0.1, 0.15) is 0 Å². The Kier molecular flexibility index (Phi) is 5.46. The van der Waals surface area contributed by atoms with Crippen molar-refractivity contribution in [2.75, 3.05) is 20.2 Å². The minimum atomic E-state index is -0.0176. The van der Waals surface area contributed by atoms with Crippen LogP contribution in [0.1, 0.15) is 21.1 Å². The van der Waals surface area contributed by atoms with Crippen molar-refractivity contribution < 1.29 is 9.90 Å². The zero-order valence-electron chi connectivity index (χ0n) is 14.5. The molecule has 1 heterocycles. The van der Waals surface area contributed by atoms with Crippen LogP contribution in [0.2, 0.25) is 0 Å². The summed E-state index contributed by atoms with van der Waals surface area (Å²) in [4.78, 5) is 19.4. The molecule has 0 fully saturated rings. The molecule has 3 aromatic rings. The van der Waals surface area contributed by atoms with E-state index in [4.69, 9.17) is 5.11 Å². The minimum absolute atomic E-state index is 0.0116. The number of likely N-dealkylation sites (N-methyl/N-ethyl adjacent to an activating group) is 1. The first-order chi connectivity index (χ1) is 12.1. The molecule has 25 heavy (non-hydrogen) atoms. The zero-order chi connectivity index (χ0) is 17.8. The predicted molar refractivity (Wildman–Crippen MR) is 102 cm³/mol. The van der Waals surface area contributed by atoms with E-state index in [9.17, 15) is 4.79 Å². The van der Waals surface area contributed by atoms with Crippen molar-refractivity contribution in [3.05, 3.63) is 63.6 Å². The van der Waals surface area contributed by atoms with Crippen LogP contribution in [-0.4, -0.2) is 41.1 Å². The van der Waals surface area contributed by atoms with Crippen LogP contribution in [0.3, 0.4) is 0 Å². The van der Waals surface area contributed by atoms with Gasteiger partial charge in [-0.25, -0.2) is 4.98 Å². The van der Waals surface area contributed by atoms with Gasteiger partial charge in [-0.3, -0.25) is 4.79 Å². The molecular weight excluding hydrogens is 332 g/mol. The van der Waals surface area contributed by atoms with E-state index in [1.165, 1.54) is 16.3 Å². The molecule has 4 nitrogen and oxygen atoms in total. The molecule has 1 aromatic heterocycles. The number of hydrogen-bond donors (Lipinski definition) is 1. The molecule has 0 aliphatic rings. The summed E-state index contributed by atoms with van der Waals surface area (Å²) in [7, 11) is 1.71. The van der Waals surface area contributed by atoms with Gasteiger partial charge in [-0.05, 0) is 23.3 Å². The maximum atomic E-state index is 12.2. The lowest BCUT2D eigenvalue weighted by Crippen LogP contribution is -2.30. The van der Waals surface area contributed by atoms with Crippen LogP contribution < -0.4 is 0 Å². The fourth-order valence-electron chi connectivity index (χ4n) is 2.88. The van der Waals surface area contributed by atoms with Crippen molar-refractivity contribution in [1.82, 2.24) is 9.88 Å². The van der Waals surface area contributed by atoms with Gasteiger partial charge in [0, 0.05) is 24.9 Å². The topological polar surface area (TPSA) is 53.4 Å². The second-order valence-electron chi connectivity index (χ2n) is 6.15. The molecule has 1 amide bonds. The number of amides is 1. The number of nitrogens with zero attached hydrogens (tertiary/aromatic N) is 2. The zero-order valence-corrected chi connectivity index (χ0v) is 15.3. The molecule has 0 radical (unpaired) electrons. The lowest BCUT2D eigenvalue weighted by atomic mass is 10.0. The quantitative estimate of drug-likeness (QED) is 0.740. The van der Waals surface area contributed by atoms with E-state index in [1.54, 1.807) is 23.3 Å². The fraction of sp³-hybridized carbons (Fsp3) is 0.300. The molecule has 2 aromatic carbocycles. The highest BCUT2D eigenvalue weighted by Crippen LogP contribution is 2.25. The average molecular weight is 354 g/mol. The fourth-order valence-corrected chi connectivity index (χ4v) is 3.97. The lowest BCUT2D eigenvalue weighted by Gasteiger charge is -2.14. The normalized spacial score (nSPS) is 11.0. The third kappa shape index (κ3) is 4.06. The number of thiazole rings is 1. The van der Waals surface area contributed by atoms with Crippen LogP contribution in [0, 0.1) is 6.92 Å². The Labute approximate surface area is 151 Å². The molecule has 0 aliphatic carbocycles. The molecule has 0 saturated carbocycles. The van der Waals surface area contributed by atoms with Gasteiger partial charge < -0.3 is 10.0 Å². The van der Waals surface area contributed by atoms with E-state index in [0.29, 0.717) is 13.0 Å². The smallest absolute Gasteiger partial charge is 0.227 e. The van der Waals surface area contributed by atoms with Crippen LogP contribution in [-0.2, 0) is 17.6 Å². The molecule has 130 valence electrons. The Hall–Kier alpha value is -2.24. The van der Waals surface area contributed by atoms with E-state index < -0.39 is 0 Å². The Morgan fingerprint density at radius 2 is 1.96 bits per heavy atom. The van der Waals surface area contributed by atoms with E-state index in [-0.39, 0.29) is 12.5 Å². The monoisotopic (exact) mass is 354 g/mol. The Morgan fingerprint density at radius 3 is 2.76 bits per heavy atom. The number of carbonyl (C=O) groups excluding carboxylic acids is 1. The van der Waals surface area contributed by atoms with Gasteiger partial charge in [-0.2, -0.15) is 0 Å². The van der Waals surface area contributed by atoms with Gasteiger partial charge in [-0.1, -0.05) is 42.5 Å². The average Bonchev–Trinajstić information content (AvgIpc) is 2.94. The maximum absolute atomic E-state index is 12.2. The Balaban J connectivity index is 1.79. The summed E-state index contributed by atoms with van der Waals surface area (Å²) in [5.74, 6) is 0.0116. The lowest BCUT2D eigenvalue weighted by molar-refractivity contribution is -0.129. The van der Waals surface area contributed by atoms with Gasteiger partial charge in [-0.15, -0.1) is 11.3 Å². The summed E-state index contributed by atoms with van der Waals surface area (Å²) in [6.45, 7) is 2.30. The van der Waals surface area contributed by atoms with Crippen molar-refractivity contribution in [3.63, 3.8) is 0 Å². The number of aliphatic hydroxyl groups is 1. The number of benzene rings is 2. The largest absolute Gasteiger partial charge is 0.395 e. The highest BCUT2D eigenvalue weighted by Gasteiger charge is 2.15. The Morgan fingerprint density at radius 1 is 1.20 bits per heavy atom. The number of aliphatic hydroxyl groups excluding tert-OH is 1. The number of aromatic nitrogens is 1. The molecule has 0 saturated heterocycles. The maximum Gasteiger partial charge on any atom is 0.227 e. The van der Waals surface area contributed by atoms with Crippen LogP contribution in [0.15, 0.2) is 42.5 Å². The summed E-state index contributed by atoms with van der Waals surface area (Å²) in [5, 5.41) is 12.5. The summed E-state index contributed by atoms with van der Waals surface area (Å²) >= 11 is 1.61. The van der Waals surface area contributed by atoms with Crippen molar-refractivity contribution in [3.8, 4) is 0 Å². The third-order valence-corrected chi connectivity index (χ3v) is 5.49. The molecule has 5 heteroatoms. The SMILES string of the molecule is Cc1nc(Cc2cccc3ccccc23)sc1CC(=O)N(C)CCO. The van der Waals surface area contributed by atoms with Gasteiger partial charge in [0.2, 0.25) is 5.91 Å². The second-order valence-corrected chi connectivity index (χ2v) is 7.32. The molecule has 1 N–H and O–H groups in total. The van der Waals surface area contributed by atoms with Crippen LogP contribution in [0.4, 0.5) is 0 Å². The Bertz CT molecular complexity index is 883. The van der Waals surface area contributed by atoms with Crippen molar-refractivity contribution >= 4 is 28.0 Å². The first-order valence-corrected chi connectivity index (χ1v) is 9.16. The number of fused-ring (bicyclic) bond motifs is 1. The molecular formula is C20H22N2O2S. The summed E-state index contributed by atoms with van der Waals surface area (Å²) < 4.78 is 0. The predicted octanol–water partition coefficient (Wildman–Crippen LogP) is 3.19. The van der Waals surface area contributed by atoms with E-state index >= 15 is 0 Å². The van der Waals surface area contributed by atoms with Crippen LogP contribution in [0.25, 0.3) is 10.8 Å². The number of aryl methyl sites for hydroxylation is 1. The van der Waals surface area contributed by atoms with Crippen LogP contribution in [0.5, 0.6) is 0 Å². The van der Waals surface area contributed by atoms with Crippen LogP contribution >= 0.6 is 11.3 Å². The van der Waals surface area contributed by atoms with Gasteiger partial charge in [0.05, 0.1) is 23.7 Å². The van der Waals surface area contributed by atoms with Gasteiger partial charge in [0.15, 0.2) is 0 Å². The first kappa shape index (κ1) is 17.6. The molecule has 0 aliphatic heterocycles. The van der Waals surface area contributed by atoms with Crippen molar-refractivity contribution in [1.29, 1.82) is 0 Å². The molecule has 3 rings (SSSR count). The second kappa shape index (κ2) is 7.76. The molecule has 0 spiro atoms. The van der Waals surface area contributed by atoms with Gasteiger partial charge >= 0.3 is 0 Å². The third-order valence-electron chi connectivity index (χ3n) is 4.33. The van der Waals surface area contributed by atoms with Gasteiger partial charge in [0.25, 0.3) is 0 Å². The minimum Gasteiger partial charge on any atom is -0.395 e.